The lowest BCUT2D eigenvalue weighted by Crippen LogP contribution is -2.42. The number of aryl methyl sites for hydroxylation is 1. The summed E-state index contributed by atoms with van der Waals surface area (Å²) in [5, 5.41) is 28.8. The molecule has 3 N–H and O–H groups in total. The van der Waals surface area contributed by atoms with Gasteiger partial charge in [-0.1, -0.05) is 42.5 Å². The molecule has 0 aliphatic heterocycles. The molecule has 1 aromatic rings. The van der Waals surface area contributed by atoms with E-state index < -0.39 is 29.2 Å². The maximum atomic E-state index is 12.2. The molecule has 6 nitrogen and oxygen atoms in total. The van der Waals surface area contributed by atoms with Crippen LogP contribution in [0.4, 0.5) is 0 Å². The predicted molar refractivity (Wildman–Crippen MR) is 94.6 cm³/mol. The fourth-order valence-electron chi connectivity index (χ4n) is 3.36. The van der Waals surface area contributed by atoms with Crippen LogP contribution < -0.4 is 0 Å². The lowest BCUT2D eigenvalue weighted by atomic mass is 9.63. The number of carboxylic acids is 3. The van der Waals surface area contributed by atoms with Crippen LogP contribution in [0.5, 0.6) is 0 Å². The minimum absolute atomic E-state index is 0.0756. The third kappa shape index (κ3) is 3.74. The number of hydrogen-bond donors (Lipinski definition) is 3. The Morgan fingerprint density at radius 3 is 2.23 bits per heavy atom. The number of rotatable bonds is 8. The zero-order chi connectivity index (χ0) is 19.3. The second-order valence-corrected chi connectivity index (χ2v) is 6.22. The van der Waals surface area contributed by atoms with Crippen LogP contribution in [0.15, 0.2) is 66.3 Å². The van der Waals surface area contributed by atoms with Crippen molar-refractivity contribution in [2.24, 2.45) is 11.3 Å². The van der Waals surface area contributed by atoms with Crippen molar-refractivity contribution >= 4 is 17.9 Å². The van der Waals surface area contributed by atoms with Crippen molar-refractivity contribution in [1.82, 2.24) is 0 Å². The first-order valence-electron chi connectivity index (χ1n) is 8.11. The molecule has 1 aromatic carbocycles. The van der Waals surface area contributed by atoms with Gasteiger partial charge in [-0.25, -0.2) is 9.59 Å². The summed E-state index contributed by atoms with van der Waals surface area (Å²) in [5.41, 5.74) is -1.29. The minimum Gasteiger partial charge on any atom is -0.481 e. The molecule has 0 saturated carbocycles. The summed E-state index contributed by atoms with van der Waals surface area (Å²) >= 11 is 0. The molecule has 0 spiro atoms. The Kier molecular flexibility index (Phi) is 5.77. The van der Waals surface area contributed by atoms with Gasteiger partial charge in [0, 0.05) is 11.5 Å². The average molecular weight is 356 g/mol. The van der Waals surface area contributed by atoms with Crippen LogP contribution in [0.2, 0.25) is 0 Å². The van der Waals surface area contributed by atoms with Crippen molar-refractivity contribution in [3.63, 3.8) is 0 Å². The maximum Gasteiger partial charge on any atom is 0.335 e. The molecule has 0 radical (unpaired) electrons. The summed E-state index contributed by atoms with van der Waals surface area (Å²) in [6.07, 6.45) is 4.25. The van der Waals surface area contributed by atoms with E-state index in [1.165, 1.54) is 12.2 Å². The fourth-order valence-corrected chi connectivity index (χ4v) is 3.36. The van der Waals surface area contributed by atoms with E-state index in [2.05, 4.69) is 6.58 Å². The molecule has 0 fully saturated rings. The SMILES string of the molecule is C=CCC1C(C(=O)O)=CC(C(=O)O)=CC1(CCc1ccccc1)C(=O)O. The number of allylic oxidation sites excluding steroid dienone is 1. The van der Waals surface area contributed by atoms with Crippen molar-refractivity contribution < 1.29 is 29.7 Å². The topological polar surface area (TPSA) is 112 Å². The average Bonchev–Trinajstić information content (AvgIpc) is 2.61. The highest BCUT2D eigenvalue weighted by atomic mass is 16.4. The molecule has 0 bridgehead atoms. The second-order valence-electron chi connectivity index (χ2n) is 6.22. The summed E-state index contributed by atoms with van der Waals surface area (Å²) in [5.74, 6) is -4.83. The van der Waals surface area contributed by atoms with Gasteiger partial charge in [-0.2, -0.15) is 0 Å². The molecule has 0 saturated heterocycles. The van der Waals surface area contributed by atoms with Gasteiger partial charge in [0.15, 0.2) is 0 Å². The third-order valence-electron chi connectivity index (χ3n) is 4.69. The monoisotopic (exact) mass is 356 g/mol. The molecular formula is C20H20O6. The molecule has 1 aliphatic rings. The number of carboxylic acid groups (broad SMARTS) is 3. The van der Waals surface area contributed by atoms with Crippen LogP contribution in [0.25, 0.3) is 0 Å². The van der Waals surface area contributed by atoms with Gasteiger partial charge in [-0.05, 0) is 30.9 Å². The van der Waals surface area contributed by atoms with E-state index in [0.717, 1.165) is 11.6 Å². The Morgan fingerprint density at radius 2 is 1.73 bits per heavy atom. The highest BCUT2D eigenvalue weighted by molar-refractivity contribution is 5.99. The largest absolute Gasteiger partial charge is 0.481 e. The first-order valence-corrected chi connectivity index (χ1v) is 8.11. The molecule has 2 unspecified atom stereocenters. The highest BCUT2D eigenvalue weighted by Gasteiger charge is 2.49. The lowest BCUT2D eigenvalue weighted by Gasteiger charge is -2.37. The van der Waals surface area contributed by atoms with Crippen LogP contribution in [-0.2, 0) is 20.8 Å². The smallest absolute Gasteiger partial charge is 0.335 e. The number of hydrogen-bond acceptors (Lipinski definition) is 3. The summed E-state index contributed by atoms with van der Waals surface area (Å²) in [7, 11) is 0. The second kappa shape index (κ2) is 7.82. The van der Waals surface area contributed by atoms with Crippen molar-refractivity contribution in [1.29, 1.82) is 0 Å². The van der Waals surface area contributed by atoms with E-state index in [9.17, 15) is 29.7 Å². The predicted octanol–water partition coefficient (Wildman–Crippen LogP) is 2.92. The Morgan fingerprint density at radius 1 is 1.08 bits per heavy atom. The van der Waals surface area contributed by atoms with E-state index in [1.807, 2.05) is 30.3 Å². The van der Waals surface area contributed by atoms with Crippen LogP contribution in [0, 0.1) is 11.3 Å². The van der Waals surface area contributed by atoms with Gasteiger partial charge in [0.05, 0.1) is 11.0 Å². The molecule has 1 aliphatic carbocycles. The number of aliphatic carboxylic acids is 3. The van der Waals surface area contributed by atoms with Crippen LogP contribution in [-0.4, -0.2) is 33.2 Å². The van der Waals surface area contributed by atoms with Crippen LogP contribution >= 0.6 is 0 Å². The van der Waals surface area contributed by atoms with Gasteiger partial charge >= 0.3 is 17.9 Å². The molecule has 2 rings (SSSR count). The van der Waals surface area contributed by atoms with E-state index in [1.54, 1.807) is 0 Å². The van der Waals surface area contributed by atoms with Crippen molar-refractivity contribution in [2.45, 2.75) is 19.3 Å². The first-order chi connectivity index (χ1) is 12.3. The van der Waals surface area contributed by atoms with Gasteiger partial charge in [-0.3, -0.25) is 4.79 Å². The van der Waals surface area contributed by atoms with Crippen molar-refractivity contribution in [2.75, 3.05) is 0 Å². The summed E-state index contributed by atoms with van der Waals surface area (Å²) in [4.78, 5) is 35.4. The van der Waals surface area contributed by atoms with Gasteiger partial charge in [0.2, 0.25) is 0 Å². The highest BCUT2D eigenvalue weighted by Crippen LogP contribution is 2.46. The van der Waals surface area contributed by atoms with E-state index in [0.29, 0.717) is 6.42 Å². The van der Waals surface area contributed by atoms with Crippen LogP contribution in [0.1, 0.15) is 18.4 Å². The van der Waals surface area contributed by atoms with Gasteiger partial charge in [0.25, 0.3) is 0 Å². The Hall–Kier alpha value is -3.15. The Balaban J connectivity index is 2.55. The Labute approximate surface area is 150 Å². The fraction of sp³-hybridized carbons (Fsp3) is 0.250. The quantitative estimate of drug-likeness (QED) is 0.618. The first kappa shape index (κ1) is 19.2. The minimum atomic E-state index is -1.64. The zero-order valence-electron chi connectivity index (χ0n) is 14.1. The lowest BCUT2D eigenvalue weighted by molar-refractivity contribution is -0.149. The van der Waals surface area contributed by atoms with Crippen LogP contribution in [0.3, 0.4) is 0 Å². The summed E-state index contributed by atoms with van der Waals surface area (Å²) in [6, 6.07) is 9.18. The molecular weight excluding hydrogens is 336 g/mol. The van der Waals surface area contributed by atoms with E-state index in [4.69, 9.17) is 0 Å². The van der Waals surface area contributed by atoms with E-state index >= 15 is 0 Å². The van der Waals surface area contributed by atoms with Crippen molar-refractivity contribution in [3.05, 3.63) is 71.8 Å². The molecule has 0 aromatic heterocycles. The molecule has 26 heavy (non-hydrogen) atoms. The third-order valence-corrected chi connectivity index (χ3v) is 4.69. The Bertz CT molecular complexity index is 790. The normalized spacial score (nSPS) is 22.1. The number of benzene rings is 1. The van der Waals surface area contributed by atoms with Crippen molar-refractivity contribution in [3.8, 4) is 0 Å². The molecule has 6 heteroatoms. The van der Waals surface area contributed by atoms with Gasteiger partial charge < -0.3 is 15.3 Å². The van der Waals surface area contributed by atoms with E-state index in [-0.39, 0.29) is 24.0 Å². The molecule has 2 atom stereocenters. The summed E-state index contributed by atoms with van der Waals surface area (Å²) < 4.78 is 0. The maximum absolute atomic E-state index is 12.2. The molecule has 136 valence electrons. The number of carbonyl (C=O) groups is 3. The molecule has 0 heterocycles. The zero-order valence-corrected chi connectivity index (χ0v) is 14.1. The molecule has 0 amide bonds. The summed E-state index contributed by atoms with van der Waals surface area (Å²) in [6.45, 7) is 3.60. The van der Waals surface area contributed by atoms with Gasteiger partial charge in [-0.15, -0.1) is 6.58 Å². The standard InChI is InChI=1S/C20H20O6/c1-2-6-16-15(18(23)24)11-14(17(21)22)12-20(16,19(25)26)10-9-13-7-4-3-5-8-13/h2-5,7-8,11-12,16H,1,6,9-10H2,(H,21,22)(H,23,24)(H,25,26). The van der Waals surface area contributed by atoms with Gasteiger partial charge in [0.1, 0.15) is 0 Å².